The van der Waals surface area contributed by atoms with Crippen LogP contribution >= 0.6 is 23.6 Å². The number of methoxy groups -OCH3 is 1. The Labute approximate surface area is 153 Å². The number of thiocarbonyl (C=S) groups is 1. The zero-order chi connectivity index (χ0) is 17.8. The number of ether oxygens (including phenoxy) is 1. The molecule has 0 saturated carbocycles. The highest BCUT2D eigenvalue weighted by Crippen LogP contribution is 2.36. The normalized spacial score (nSPS) is 10.5. The number of benzene rings is 2. The van der Waals surface area contributed by atoms with Gasteiger partial charge in [0.2, 0.25) is 0 Å². The summed E-state index contributed by atoms with van der Waals surface area (Å²) in [6.07, 6.45) is 0. The van der Waals surface area contributed by atoms with Gasteiger partial charge in [-0.15, -0.1) is 11.3 Å². The molecular weight excluding hydrogens is 359 g/mol. The lowest BCUT2D eigenvalue weighted by Crippen LogP contribution is -2.28. The van der Waals surface area contributed by atoms with Crippen molar-refractivity contribution in [3.05, 3.63) is 64.8 Å². The predicted molar refractivity (Wildman–Crippen MR) is 103 cm³/mol. The van der Waals surface area contributed by atoms with Crippen LogP contribution in [-0.2, 0) is 11.3 Å². The summed E-state index contributed by atoms with van der Waals surface area (Å²) < 4.78 is 18.8. The lowest BCUT2D eigenvalue weighted by atomic mass is 10.2. The number of anilines is 1. The van der Waals surface area contributed by atoms with E-state index in [-0.39, 0.29) is 5.82 Å². The summed E-state index contributed by atoms with van der Waals surface area (Å²) in [6, 6.07) is 13.8. The maximum Gasteiger partial charge on any atom is 0.350 e. The summed E-state index contributed by atoms with van der Waals surface area (Å²) >= 11 is 6.68. The fourth-order valence-corrected chi connectivity index (χ4v) is 3.60. The standard InChI is InChI=1S/C18H15FN2O2S2/c1-23-17(22)16-15(13-4-2-3-5-14(13)25-16)21-18(24)20-10-11-6-8-12(19)9-7-11/h2-9H,10H2,1H3,(H2,20,21,24). The molecule has 0 radical (unpaired) electrons. The van der Waals surface area contributed by atoms with E-state index >= 15 is 0 Å². The first-order chi connectivity index (χ1) is 12.1. The van der Waals surface area contributed by atoms with Crippen LogP contribution in [0.1, 0.15) is 15.2 Å². The van der Waals surface area contributed by atoms with E-state index in [1.165, 1.54) is 30.6 Å². The van der Waals surface area contributed by atoms with Crippen LogP contribution in [0.4, 0.5) is 10.1 Å². The molecule has 0 aliphatic rings. The summed E-state index contributed by atoms with van der Waals surface area (Å²) in [5, 5.41) is 7.42. The number of hydrogen-bond acceptors (Lipinski definition) is 4. The molecule has 3 rings (SSSR count). The molecular formula is C18H15FN2O2S2. The fraction of sp³-hybridized carbons (Fsp3) is 0.111. The number of carbonyl (C=O) groups excluding carboxylic acids is 1. The van der Waals surface area contributed by atoms with Crippen molar-refractivity contribution in [3.63, 3.8) is 0 Å². The zero-order valence-electron chi connectivity index (χ0n) is 13.3. The Morgan fingerprint density at radius 1 is 1.20 bits per heavy atom. The van der Waals surface area contributed by atoms with E-state index < -0.39 is 5.97 Å². The molecule has 0 atom stereocenters. The molecule has 0 bridgehead atoms. The molecule has 0 amide bonds. The Kier molecular flexibility index (Phi) is 5.25. The van der Waals surface area contributed by atoms with Gasteiger partial charge in [-0.25, -0.2) is 9.18 Å². The average Bonchev–Trinajstić information content (AvgIpc) is 2.99. The molecule has 128 valence electrons. The highest BCUT2D eigenvalue weighted by atomic mass is 32.1. The van der Waals surface area contributed by atoms with Crippen LogP contribution in [0.2, 0.25) is 0 Å². The highest BCUT2D eigenvalue weighted by Gasteiger charge is 2.19. The second-order valence-corrected chi connectivity index (χ2v) is 6.69. The first kappa shape index (κ1) is 17.3. The van der Waals surface area contributed by atoms with Crippen LogP contribution in [0.3, 0.4) is 0 Å². The molecule has 2 aromatic carbocycles. The summed E-state index contributed by atoms with van der Waals surface area (Å²) in [5.41, 5.74) is 1.53. The van der Waals surface area contributed by atoms with Crippen LogP contribution in [-0.4, -0.2) is 18.2 Å². The third-order valence-electron chi connectivity index (χ3n) is 3.57. The van der Waals surface area contributed by atoms with E-state index in [0.29, 0.717) is 22.2 Å². The van der Waals surface area contributed by atoms with Crippen molar-refractivity contribution in [2.45, 2.75) is 6.54 Å². The van der Waals surface area contributed by atoms with Crippen LogP contribution in [0.15, 0.2) is 48.5 Å². The summed E-state index contributed by atoms with van der Waals surface area (Å²) in [4.78, 5) is 12.5. The van der Waals surface area contributed by atoms with Crippen LogP contribution in [0.5, 0.6) is 0 Å². The number of halogens is 1. The first-order valence-corrected chi connectivity index (χ1v) is 8.70. The minimum Gasteiger partial charge on any atom is -0.465 e. The molecule has 0 saturated heterocycles. The van der Waals surface area contributed by atoms with Crippen molar-refractivity contribution in [2.24, 2.45) is 0 Å². The molecule has 3 aromatic rings. The zero-order valence-corrected chi connectivity index (χ0v) is 15.0. The molecule has 2 N–H and O–H groups in total. The highest BCUT2D eigenvalue weighted by molar-refractivity contribution is 7.80. The monoisotopic (exact) mass is 374 g/mol. The Bertz CT molecular complexity index is 922. The van der Waals surface area contributed by atoms with Crippen molar-refractivity contribution in [1.82, 2.24) is 5.32 Å². The van der Waals surface area contributed by atoms with Gasteiger partial charge in [0.05, 0.1) is 12.8 Å². The minimum atomic E-state index is -0.412. The molecule has 1 heterocycles. The van der Waals surface area contributed by atoms with Gasteiger partial charge in [-0.2, -0.15) is 0 Å². The molecule has 7 heteroatoms. The van der Waals surface area contributed by atoms with E-state index in [1.807, 2.05) is 24.3 Å². The molecule has 0 spiro atoms. The van der Waals surface area contributed by atoms with E-state index in [4.69, 9.17) is 17.0 Å². The van der Waals surface area contributed by atoms with E-state index in [1.54, 1.807) is 12.1 Å². The third-order valence-corrected chi connectivity index (χ3v) is 4.97. The van der Waals surface area contributed by atoms with Crippen molar-refractivity contribution in [2.75, 3.05) is 12.4 Å². The van der Waals surface area contributed by atoms with Crippen molar-refractivity contribution in [3.8, 4) is 0 Å². The topological polar surface area (TPSA) is 50.4 Å². The van der Waals surface area contributed by atoms with Crippen LogP contribution in [0.25, 0.3) is 10.1 Å². The van der Waals surface area contributed by atoms with Gasteiger partial charge in [0.25, 0.3) is 0 Å². The number of fused-ring (bicyclic) bond motifs is 1. The lowest BCUT2D eigenvalue weighted by molar-refractivity contribution is 0.0607. The second-order valence-electron chi connectivity index (χ2n) is 5.23. The number of thiophene rings is 1. The molecule has 0 aliphatic heterocycles. The average molecular weight is 374 g/mol. The fourth-order valence-electron chi connectivity index (χ4n) is 2.35. The molecule has 0 unspecified atom stereocenters. The second kappa shape index (κ2) is 7.58. The van der Waals surface area contributed by atoms with Gasteiger partial charge in [0.1, 0.15) is 10.7 Å². The molecule has 0 fully saturated rings. The number of esters is 1. The Morgan fingerprint density at radius 3 is 2.64 bits per heavy atom. The Hall–Kier alpha value is -2.51. The SMILES string of the molecule is COC(=O)c1sc2ccccc2c1NC(=S)NCc1ccc(F)cc1. The number of hydrogen-bond donors (Lipinski definition) is 2. The van der Waals surface area contributed by atoms with Gasteiger partial charge in [-0.1, -0.05) is 30.3 Å². The van der Waals surface area contributed by atoms with E-state index in [2.05, 4.69) is 10.6 Å². The predicted octanol–water partition coefficient (Wildman–Crippen LogP) is 4.31. The number of nitrogens with one attached hydrogen (secondary N) is 2. The third kappa shape index (κ3) is 3.94. The van der Waals surface area contributed by atoms with Gasteiger partial charge in [-0.05, 0) is 36.0 Å². The molecule has 4 nitrogen and oxygen atoms in total. The van der Waals surface area contributed by atoms with Gasteiger partial charge in [0, 0.05) is 16.6 Å². The van der Waals surface area contributed by atoms with E-state index in [0.717, 1.165) is 15.6 Å². The smallest absolute Gasteiger partial charge is 0.350 e. The van der Waals surface area contributed by atoms with Gasteiger partial charge in [-0.3, -0.25) is 0 Å². The minimum absolute atomic E-state index is 0.281. The molecule has 1 aromatic heterocycles. The lowest BCUT2D eigenvalue weighted by Gasteiger charge is -2.11. The largest absolute Gasteiger partial charge is 0.465 e. The Balaban J connectivity index is 1.78. The summed E-state index contributed by atoms with van der Waals surface area (Å²) in [5.74, 6) is -0.693. The van der Waals surface area contributed by atoms with Crippen molar-refractivity contribution >= 4 is 50.4 Å². The van der Waals surface area contributed by atoms with E-state index in [9.17, 15) is 9.18 Å². The Morgan fingerprint density at radius 2 is 1.92 bits per heavy atom. The number of rotatable bonds is 4. The van der Waals surface area contributed by atoms with Crippen molar-refractivity contribution in [1.29, 1.82) is 0 Å². The molecule has 0 aliphatic carbocycles. The van der Waals surface area contributed by atoms with Crippen LogP contribution < -0.4 is 10.6 Å². The van der Waals surface area contributed by atoms with Gasteiger partial charge < -0.3 is 15.4 Å². The maximum atomic E-state index is 12.9. The quantitative estimate of drug-likeness (QED) is 0.526. The van der Waals surface area contributed by atoms with Gasteiger partial charge in [0.15, 0.2) is 5.11 Å². The number of carbonyl (C=O) groups is 1. The summed E-state index contributed by atoms with van der Waals surface area (Å²) in [7, 11) is 1.35. The van der Waals surface area contributed by atoms with Gasteiger partial charge >= 0.3 is 5.97 Å². The summed E-state index contributed by atoms with van der Waals surface area (Å²) in [6.45, 7) is 0.446. The maximum absolute atomic E-state index is 12.9. The first-order valence-electron chi connectivity index (χ1n) is 7.47. The van der Waals surface area contributed by atoms with Crippen molar-refractivity contribution < 1.29 is 13.9 Å². The van der Waals surface area contributed by atoms with Crippen LogP contribution in [0, 0.1) is 5.82 Å². The molecule has 25 heavy (non-hydrogen) atoms.